The molecule has 0 aliphatic carbocycles. The van der Waals surface area contributed by atoms with Gasteiger partial charge in [-0.1, -0.05) is 20.3 Å². The molecule has 0 aliphatic heterocycles. The molecule has 1 atom stereocenters. The van der Waals surface area contributed by atoms with Crippen LogP contribution in [0, 0.1) is 5.92 Å². The Kier molecular flexibility index (Phi) is 6.02. The Labute approximate surface area is 79.4 Å². The van der Waals surface area contributed by atoms with E-state index in [-0.39, 0.29) is 5.76 Å². The molecule has 0 bridgehead atoms. The largest absolute Gasteiger partial charge is 0.512 e. The molecular weight excluding hydrogens is 168 g/mol. The highest BCUT2D eigenvalue weighted by Gasteiger charge is 2.04. The molecule has 0 amide bonds. The highest BCUT2D eigenvalue weighted by molar-refractivity contribution is 5.82. The second-order valence-electron chi connectivity index (χ2n) is 3.11. The van der Waals surface area contributed by atoms with E-state index in [9.17, 15) is 9.90 Å². The van der Waals surface area contributed by atoms with Crippen LogP contribution in [-0.2, 0) is 9.53 Å². The maximum atomic E-state index is 10.9. The third kappa shape index (κ3) is 6.20. The summed E-state index contributed by atoms with van der Waals surface area (Å²) in [5, 5.41) is 9.31. The third-order valence-corrected chi connectivity index (χ3v) is 1.83. The van der Waals surface area contributed by atoms with Crippen molar-refractivity contribution in [1.29, 1.82) is 0 Å². The van der Waals surface area contributed by atoms with Gasteiger partial charge in [-0.15, -0.1) is 0 Å². The number of carbonyl (C=O) groups is 1. The van der Waals surface area contributed by atoms with Gasteiger partial charge >= 0.3 is 5.97 Å². The summed E-state index contributed by atoms with van der Waals surface area (Å²) in [6, 6.07) is 0. The van der Waals surface area contributed by atoms with Gasteiger partial charge in [0.1, 0.15) is 0 Å². The van der Waals surface area contributed by atoms with E-state index in [1.807, 2.05) is 13.8 Å². The van der Waals surface area contributed by atoms with E-state index < -0.39 is 5.97 Å². The van der Waals surface area contributed by atoms with Gasteiger partial charge in [0.15, 0.2) is 0 Å². The first-order valence-electron chi connectivity index (χ1n) is 4.66. The van der Waals surface area contributed by atoms with Crippen LogP contribution in [0.1, 0.15) is 33.6 Å². The molecule has 0 aromatic carbocycles. The normalized spacial score (nSPS) is 13.9. The van der Waals surface area contributed by atoms with Crippen LogP contribution >= 0.6 is 0 Å². The minimum atomic E-state index is -0.469. The fourth-order valence-electron chi connectivity index (χ4n) is 0.880. The van der Waals surface area contributed by atoms with Gasteiger partial charge in [0.05, 0.1) is 18.4 Å². The summed E-state index contributed by atoms with van der Waals surface area (Å²) in [5.74, 6) is 0.0294. The van der Waals surface area contributed by atoms with E-state index in [0.717, 1.165) is 12.5 Å². The van der Waals surface area contributed by atoms with E-state index in [1.165, 1.54) is 0 Å². The molecule has 0 spiro atoms. The average Bonchev–Trinajstić information content (AvgIpc) is 2.04. The van der Waals surface area contributed by atoms with E-state index in [2.05, 4.69) is 4.74 Å². The van der Waals surface area contributed by atoms with E-state index in [4.69, 9.17) is 0 Å². The molecule has 3 heteroatoms. The first-order chi connectivity index (χ1) is 6.10. The molecule has 0 aromatic heterocycles. The predicted octanol–water partition coefficient (Wildman–Crippen LogP) is 2.43. The van der Waals surface area contributed by atoms with Crippen LogP contribution in [0.4, 0.5) is 0 Å². The van der Waals surface area contributed by atoms with Gasteiger partial charge in [0.25, 0.3) is 0 Å². The summed E-state index contributed by atoms with van der Waals surface area (Å²) in [7, 11) is 0. The molecule has 1 N–H and O–H groups in total. The number of rotatable bonds is 5. The molecule has 0 saturated carbocycles. The molecule has 1 unspecified atom stereocenters. The number of hydrogen-bond donors (Lipinski definition) is 1. The second-order valence-corrected chi connectivity index (χ2v) is 3.11. The summed E-state index contributed by atoms with van der Waals surface area (Å²) in [6.45, 7) is 6.14. The molecule has 0 rings (SSSR count). The van der Waals surface area contributed by atoms with Crippen LogP contribution in [0.2, 0.25) is 0 Å². The van der Waals surface area contributed by atoms with Crippen LogP contribution in [0.25, 0.3) is 0 Å². The Morgan fingerprint density at radius 3 is 2.62 bits per heavy atom. The summed E-state index contributed by atoms with van der Waals surface area (Å²) in [6.07, 6.45) is 2.67. The van der Waals surface area contributed by atoms with E-state index >= 15 is 0 Å². The lowest BCUT2D eigenvalue weighted by atomic mass is 10.0. The van der Waals surface area contributed by atoms with Gasteiger partial charge in [0, 0.05) is 6.42 Å². The number of ether oxygens (including phenoxy) is 1. The van der Waals surface area contributed by atoms with Crippen molar-refractivity contribution in [3.63, 3.8) is 0 Å². The molecule has 0 fully saturated rings. The van der Waals surface area contributed by atoms with Crippen LogP contribution in [0.15, 0.2) is 11.8 Å². The average molecular weight is 186 g/mol. The number of aliphatic hydroxyl groups is 1. The zero-order chi connectivity index (χ0) is 10.3. The Balaban J connectivity index is 3.93. The first-order valence-corrected chi connectivity index (χ1v) is 4.66. The number of aliphatic hydroxyl groups excluding tert-OH is 1. The van der Waals surface area contributed by atoms with E-state index in [0.29, 0.717) is 18.9 Å². The lowest BCUT2D eigenvalue weighted by molar-refractivity contribution is -0.137. The highest BCUT2D eigenvalue weighted by atomic mass is 16.5. The number of hydrogen-bond acceptors (Lipinski definition) is 3. The maximum Gasteiger partial charge on any atom is 0.334 e. The van der Waals surface area contributed by atoms with Crippen molar-refractivity contribution in [1.82, 2.24) is 0 Å². The van der Waals surface area contributed by atoms with Gasteiger partial charge < -0.3 is 9.84 Å². The molecule has 0 saturated heterocycles. The summed E-state index contributed by atoms with van der Waals surface area (Å²) in [5.41, 5.74) is 0. The van der Waals surface area contributed by atoms with Crippen LogP contribution in [0.3, 0.4) is 0 Å². The van der Waals surface area contributed by atoms with Crippen LogP contribution < -0.4 is 0 Å². The monoisotopic (exact) mass is 186 g/mol. The van der Waals surface area contributed by atoms with Gasteiger partial charge in [-0.3, -0.25) is 0 Å². The molecular formula is C10H18O3. The molecule has 0 radical (unpaired) electrons. The molecule has 0 heterocycles. The minimum absolute atomic E-state index is 0.104. The second kappa shape index (κ2) is 6.52. The molecule has 76 valence electrons. The molecule has 3 nitrogen and oxygen atoms in total. The van der Waals surface area contributed by atoms with Gasteiger partial charge in [0.2, 0.25) is 0 Å². The fourth-order valence-corrected chi connectivity index (χ4v) is 0.880. The summed E-state index contributed by atoms with van der Waals surface area (Å²) in [4.78, 5) is 10.9. The number of allylic oxidation sites excluding steroid dienone is 1. The predicted molar refractivity (Wildman–Crippen MR) is 51.4 cm³/mol. The van der Waals surface area contributed by atoms with E-state index in [1.54, 1.807) is 6.92 Å². The Morgan fingerprint density at radius 1 is 1.54 bits per heavy atom. The topological polar surface area (TPSA) is 46.5 Å². The summed E-state index contributed by atoms with van der Waals surface area (Å²) < 4.78 is 4.65. The molecule has 0 aliphatic rings. The molecule has 13 heavy (non-hydrogen) atoms. The van der Waals surface area contributed by atoms with Gasteiger partial charge in [-0.05, 0) is 12.8 Å². The number of carbonyl (C=O) groups excluding carboxylic acids is 1. The zero-order valence-electron chi connectivity index (χ0n) is 8.54. The standard InChI is InChI=1S/C10H18O3/c1-4-8(3)6-9(11)7-10(12)13-5-2/h7-8,11H,4-6H2,1-3H3/b9-7-. The van der Waals surface area contributed by atoms with Crippen molar-refractivity contribution in [3.8, 4) is 0 Å². The third-order valence-electron chi connectivity index (χ3n) is 1.83. The SMILES string of the molecule is CCOC(=O)/C=C(\O)CC(C)CC. The van der Waals surface area contributed by atoms with Crippen molar-refractivity contribution >= 4 is 5.97 Å². The fraction of sp³-hybridized carbons (Fsp3) is 0.700. The Hall–Kier alpha value is -0.990. The van der Waals surface area contributed by atoms with Crippen molar-refractivity contribution in [3.05, 3.63) is 11.8 Å². The Morgan fingerprint density at radius 2 is 2.15 bits per heavy atom. The Bertz CT molecular complexity index is 185. The van der Waals surface area contributed by atoms with Crippen LogP contribution in [0.5, 0.6) is 0 Å². The van der Waals surface area contributed by atoms with Gasteiger partial charge in [-0.25, -0.2) is 4.79 Å². The van der Waals surface area contributed by atoms with Crippen molar-refractivity contribution in [2.45, 2.75) is 33.6 Å². The zero-order valence-corrected chi connectivity index (χ0v) is 8.54. The number of esters is 1. The van der Waals surface area contributed by atoms with Crippen molar-refractivity contribution in [2.75, 3.05) is 6.61 Å². The first kappa shape index (κ1) is 12.0. The molecule has 0 aromatic rings. The summed E-state index contributed by atoms with van der Waals surface area (Å²) >= 11 is 0. The van der Waals surface area contributed by atoms with Crippen molar-refractivity contribution in [2.24, 2.45) is 5.92 Å². The van der Waals surface area contributed by atoms with Crippen molar-refractivity contribution < 1.29 is 14.6 Å². The lowest BCUT2D eigenvalue weighted by Gasteiger charge is -2.06. The quantitative estimate of drug-likeness (QED) is 0.407. The lowest BCUT2D eigenvalue weighted by Crippen LogP contribution is -2.03. The minimum Gasteiger partial charge on any atom is -0.512 e. The smallest absolute Gasteiger partial charge is 0.334 e. The van der Waals surface area contributed by atoms with Crippen LogP contribution in [-0.4, -0.2) is 17.7 Å². The maximum absolute atomic E-state index is 10.9. The van der Waals surface area contributed by atoms with Gasteiger partial charge in [-0.2, -0.15) is 0 Å². The highest BCUT2D eigenvalue weighted by Crippen LogP contribution is 2.11.